The van der Waals surface area contributed by atoms with Crippen molar-refractivity contribution in [3.05, 3.63) is 52.8 Å². The largest absolute Gasteiger partial charge is 0.322 e. The fourth-order valence-electron chi connectivity index (χ4n) is 2.34. The molecule has 2 N–H and O–H groups in total. The minimum atomic E-state index is 0.614. The van der Waals surface area contributed by atoms with Crippen LogP contribution in [0.3, 0.4) is 0 Å². The van der Waals surface area contributed by atoms with Gasteiger partial charge in [-0.2, -0.15) is 5.10 Å². The van der Waals surface area contributed by atoms with Gasteiger partial charge >= 0.3 is 0 Å². The highest BCUT2D eigenvalue weighted by Crippen LogP contribution is 2.44. The van der Waals surface area contributed by atoms with Gasteiger partial charge in [0.25, 0.3) is 0 Å². The number of rotatable bonds is 4. The Hall–Kier alpha value is -2.21. The minimum absolute atomic E-state index is 0.614. The lowest BCUT2D eigenvalue weighted by atomic mass is 10.2. The van der Waals surface area contributed by atoms with Gasteiger partial charge in [0, 0.05) is 17.7 Å². The molecule has 0 unspecified atom stereocenters. The van der Waals surface area contributed by atoms with Crippen LogP contribution in [0.2, 0.25) is 0 Å². The summed E-state index contributed by atoms with van der Waals surface area (Å²) in [7, 11) is 0. The molecule has 1 aromatic carbocycles. The maximum absolute atomic E-state index is 4.55. The van der Waals surface area contributed by atoms with Crippen LogP contribution in [0.25, 0.3) is 11.4 Å². The molecule has 2 heterocycles. The first-order valence-corrected chi connectivity index (χ1v) is 8.00. The smallest absolute Gasteiger partial charge is 0.168 e. The van der Waals surface area contributed by atoms with E-state index in [1.54, 1.807) is 6.20 Å². The normalized spacial score (nSPS) is 14.0. The van der Waals surface area contributed by atoms with E-state index in [1.165, 1.54) is 18.5 Å². The molecule has 0 saturated heterocycles. The molecule has 0 bridgehead atoms. The molecule has 1 fully saturated rings. The van der Waals surface area contributed by atoms with Crippen molar-refractivity contribution < 1.29 is 0 Å². The first kappa shape index (κ1) is 13.5. The van der Waals surface area contributed by atoms with Crippen molar-refractivity contribution in [2.24, 2.45) is 0 Å². The Morgan fingerprint density at radius 2 is 1.95 bits per heavy atom. The number of halogens is 1. The molecule has 0 radical (unpaired) electrons. The summed E-state index contributed by atoms with van der Waals surface area (Å²) in [4.78, 5) is 8.88. The van der Waals surface area contributed by atoms with Crippen LogP contribution in [-0.2, 0) is 0 Å². The standard InChI is InChI=1S/C16H14BrN5/c17-13-14(10-6-7-10)21-22-16(13)20-12-8-9-18-15(19-12)11-4-2-1-3-5-11/h1-5,8-10H,6-7H2,(H2,18,19,20,21,22). The second-order valence-corrected chi connectivity index (χ2v) is 6.12. The van der Waals surface area contributed by atoms with Gasteiger partial charge in [-0.15, -0.1) is 0 Å². The van der Waals surface area contributed by atoms with Crippen molar-refractivity contribution in [1.82, 2.24) is 20.2 Å². The number of hydrogen-bond acceptors (Lipinski definition) is 4. The molecule has 3 aromatic rings. The molecule has 6 heteroatoms. The quantitative estimate of drug-likeness (QED) is 0.733. The van der Waals surface area contributed by atoms with E-state index >= 15 is 0 Å². The van der Waals surface area contributed by atoms with Crippen LogP contribution in [0.5, 0.6) is 0 Å². The van der Waals surface area contributed by atoms with E-state index in [0.29, 0.717) is 11.7 Å². The maximum atomic E-state index is 4.55. The van der Waals surface area contributed by atoms with Gasteiger partial charge in [-0.25, -0.2) is 9.97 Å². The minimum Gasteiger partial charge on any atom is -0.322 e. The van der Waals surface area contributed by atoms with Gasteiger partial charge < -0.3 is 5.32 Å². The molecule has 0 aliphatic heterocycles. The van der Waals surface area contributed by atoms with Crippen LogP contribution in [0.15, 0.2) is 47.1 Å². The van der Waals surface area contributed by atoms with Gasteiger partial charge in [0.05, 0.1) is 10.2 Å². The van der Waals surface area contributed by atoms with E-state index < -0.39 is 0 Å². The molecule has 22 heavy (non-hydrogen) atoms. The predicted molar refractivity (Wildman–Crippen MR) is 89.0 cm³/mol. The maximum Gasteiger partial charge on any atom is 0.168 e. The summed E-state index contributed by atoms with van der Waals surface area (Å²) in [6.45, 7) is 0. The second-order valence-electron chi connectivity index (χ2n) is 5.33. The number of hydrogen-bond donors (Lipinski definition) is 2. The van der Waals surface area contributed by atoms with Crippen LogP contribution < -0.4 is 5.32 Å². The predicted octanol–water partition coefficient (Wildman–Crippen LogP) is 4.25. The summed E-state index contributed by atoms with van der Waals surface area (Å²) >= 11 is 3.61. The molecule has 110 valence electrons. The molecule has 4 rings (SSSR count). The highest BCUT2D eigenvalue weighted by molar-refractivity contribution is 9.10. The van der Waals surface area contributed by atoms with E-state index in [4.69, 9.17) is 0 Å². The Kier molecular flexibility index (Phi) is 3.38. The molecule has 1 saturated carbocycles. The van der Waals surface area contributed by atoms with E-state index in [2.05, 4.69) is 41.4 Å². The Morgan fingerprint density at radius 3 is 2.73 bits per heavy atom. The lowest BCUT2D eigenvalue weighted by molar-refractivity contribution is 0.963. The zero-order valence-electron chi connectivity index (χ0n) is 11.8. The molecular weight excluding hydrogens is 342 g/mol. The SMILES string of the molecule is Brc1c(Nc2ccnc(-c3ccccc3)n2)n[nH]c1C1CC1. The van der Waals surface area contributed by atoms with Gasteiger partial charge in [0.15, 0.2) is 11.6 Å². The Bertz CT molecular complexity index is 795. The second kappa shape index (κ2) is 5.53. The van der Waals surface area contributed by atoms with Crippen molar-refractivity contribution >= 4 is 27.6 Å². The van der Waals surface area contributed by atoms with Crippen molar-refractivity contribution in [3.8, 4) is 11.4 Å². The van der Waals surface area contributed by atoms with Crippen LogP contribution in [-0.4, -0.2) is 20.2 Å². The fraction of sp³-hybridized carbons (Fsp3) is 0.188. The number of H-pyrrole nitrogens is 1. The molecule has 5 nitrogen and oxygen atoms in total. The molecule has 1 aliphatic carbocycles. The van der Waals surface area contributed by atoms with Gasteiger partial charge in [-0.3, -0.25) is 5.10 Å². The van der Waals surface area contributed by atoms with Gasteiger partial charge in [0.2, 0.25) is 0 Å². The number of nitrogens with one attached hydrogen (secondary N) is 2. The molecule has 1 aliphatic rings. The molecule has 0 amide bonds. The summed E-state index contributed by atoms with van der Waals surface area (Å²) in [6, 6.07) is 11.8. The molecule has 0 atom stereocenters. The first-order valence-electron chi connectivity index (χ1n) is 7.20. The summed E-state index contributed by atoms with van der Waals surface area (Å²) in [5.74, 6) is 2.80. The Labute approximate surface area is 136 Å². The number of nitrogens with zero attached hydrogens (tertiary/aromatic N) is 3. The summed E-state index contributed by atoms with van der Waals surface area (Å²) in [6.07, 6.45) is 4.21. The average Bonchev–Trinajstić information content (AvgIpc) is 3.34. The van der Waals surface area contributed by atoms with E-state index in [-0.39, 0.29) is 0 Å². The third-order valence-electron chi connectivity index (χ3n) is 3.65. The molecule has 2 aromatic heterocycles. The first-order chi connectivity index (χ1) is 10.8. The number of aromatic amines is 1. The van der Waals surface area contributed by atoms with Gasteiger partial charge in [-0.1, -0.05) is 30.3 Å². The van der Waals surface area contributed by atoms with Crippen molar-refractivity contribution in [3.63, 3.8) is 0 Å². The van der Waals surface area contributed by atoms with E-state index in [0.717, 1.165) is 21.7 Å². The highest BCUT2D eigenvalue weighted by atomic mass is 79.9. The third-order valence-corrected chi connectivity index (χ3v) is 4.45. The van der Waals surface area contributed by atoms with Crippen LogP contribution in [0.4, 0.5) is 11.6 Å². The van der Waals surface area contributed by atoms with Crippen molar-refractivity contribution in [2.75, 3.05) is 5.32 Å². The third kappa shape index (κ3) is 2.62. The fourth-order valence-corrected chi connectivity index (χ4v) is 2.94. The Morgan fingerprint density at radius 1 is 1.14 bits per heavy atom. The highest BCUT2D eigenvalue weighted by Gasteiger charge is 2.29. The summed E-state index contributed by atoms with van der Waals surface area (Å²) in [5.41, 5.74) is 2.16. The lowest BCUT2D eigenvalue weighted by Gasteiger charge is -2.05. The summed E-state index contributed by atoms with van der Waals surface area (Å²) in [5, 5.41) is 10.7. The molecule has 0 spiro atoms. The Balaban J connectivity index is 1.61. The number of benzene rings is 1. The topological polar surface area (TPSA) is 66.5 Å². The number of aromatic nitrogens is 4. The monoisotopic (exact) mass is 355 g/mol. The summed E-state index contributed by atoms with van der Waals surface area (Å²) < 4.78 is 0.995. The average molecular weight is 356 g/mol. The molecular formula is C16H14BrN5. The van der Waals surface area contributed by atoms with Crippen LogP contribution >= 0.6 is 15.9 Å². The van der Waals surface area contributed by atoms with Crippen LogP contribution in [0.1, 0.15) is 24.5 Å². The van der Waals surface area contributed by atoms with Crippen molar-refractivity contribution in [1.29, 1.82) is 0 Å². The van der Waals surface area contributed by atoms with Crippen LogP contribution in [0, 0.1) is 0 Å². The van der Waals surface area contributed by atoms with Gasteiger partial charge in [-0.05, 0) is 34.8 Å². The van der Waals surface area contributed by atoms with E-state index in [1.807, 2.05) is 36.4 Å². The lowest BCUT2D eigenvalue weighted by Crippen LogP contribution is -1.97. The van der Waals surface area contributed by atoms with E-state index in [9.17, 15) is 0 Å². The number of anilines is 2. The zero-order valence-corrected chi connectivity index (χ0v) is 13.3. The zero-order chi connectivity index (χ0) is 14.9. The van der Waals surface area contributed by atoms with Gasteiger partial charge in [0.1, 0.15) is 5.82 Å². The van der Waals surface area contributed by atoms with Crippen molar-refractivity contribution in [2.45, 2.75) is 18.8 Å².